The van der Waals surface area contributed by atoms with Gasteiger partial charge in [-0.25, -0.2) is 4.39 Å². The maximum absolute atomic E-state index is 12.0. The molecule has 0 amide bonds. The first-order valence-electron chi connectivity index (χ1n) is 3.51. The zero-order valence-electron chi connectivity index (χ0n) is 6.17. The molecular formula is C6H11FO5. The summed E-state index contributed by atoms with van der Waals surface area (Å²) in [7, 11) is 0. The maximum Gasteiger partial charge on any atom is 0.184 e. The molecule has 0 saturated carbocycles. The maximum atomic E-state index is 12.0. The van der Waals surface area contributed by atoms with E-state index in [9.17, 15) is 4.39 Å². The fourth-order valence-electron chi connectivity index (χ4n) is 1.06. The Kier molecular flexibility index (Phi) is 2.97. The zero-order valence-corrected chi connectivity index (χ0v) is 6.17. The highest BCUT2D eigenvalue weighted by Crippen LogP contribution is 2.19. The summed E-state index contributed by atoms with van der Waals surface area (Å²) in [4.78, 5) is 0. The molecule has 0 bridgehead atoms. The summed E-state index contributed by atoms with van der Waals surface area (Å²) in [6.07, 6.45) is -7.60. The number of rotatable bonds is 1. The minimum absolute atomic E-state index is 1.03. The van der Waals surface area contributed by atoms with Crippen LogP contribution in [0.4, 0.5) is 4.39 Å². The smallest absolute Gasteiger partial charge is 0.184 e. The average Bonchev–Trinajstić information content (AvgIpc) is 2.08. The molecule has 0 unspecified atom stereocenters. The van der Waals surface area contributed by atoms with Crippen molar-refractivity contribution in [2.24, 2.45) is 0 Å². The molecule has 0 spiro atoms. The average molecular weight is 182 g/mol. The van der Waals surface area contributed by atoms with Crippen LogP contribution in [0.5, 0.6) is 0 Å². The molecule has 1 heterocycles. The fourth-order valence-corrected chi connectivity index (χ4v) is 1.06. The molecule has 72 valence electrons. The molecule has 1 aliphatic rings. The van der Waals surface area contributed by atoms with Crippen molar-refractivity contribution >= 4 is 0 Å². The van der Waals surface area contributed by atoms with Gasteiger partial charge >= 0.3 is 0 Å². The Morgan fingerprint density at radius 3 is 2.08 bits per heavy atom. The quantitative estimate of drug-likeness (QED) is 0.368. The second kappa shape index (κ2) is 3.63. The van der Waals surface area contributed by atoms with E-state index in [1.165, 1.54) is 0 Å². The Hall–Kier alpha value is -0.270. The van der Waals surface area contributed by atoms with Gasteiger partial charge in [-0.2, -0.15) is 0 Å². The van der Waals surface area contributed by atoms with E-state index in [-0.39, 0.29) is 0 Å². The third kappa shape index (κ3) is 1.57. The van der Waals surface area contributed by atoms with Crippen LogP contribution in [-0.4, -0.2) is 57.8 Å². The highest BCUT2D eigenvalue weighted by atomic mass is 19.1. The Morgan fingerprint density at radius 2 is 1.58 bits per heavy atom. The third-order valence-electron chi connectivity index (χ3n) is 1.84. The van der Waals surface area contributed by atoms with Crippen LogP contribution >= 0.6 is 0 Å². The predicted molar refractivity (Wildman–Crippen MR) is 34.9 cm³/mol. The van der Waals surface area contributed by atoms with Gasteiger partial charge in [0, 0.05) is 0 Å². The normalized spacial score (nSPS) is 49.2. The molecule has 1 fully saturated rings. The lowest BCUT2D eigenvalue weighted by Gasteiger charge is -2.37. The van der Waals surface area contributed by atoms with Crippen LogP contribution in [0, 0.1) is 0 Å². The Morgan fingerprint density at radius 1 is 1.00 bits per heavy atom. The number of aliphatic hydroxyl groups excluding tert-OH is 4. The second-order valence-corrected chi connectivity index (χ2v) is 2.69. The SMILES string of the molecule is O[C@@H]1[C@@H](O)[C@@H](O)O[C@H](CF)[C@@H]1O. The standard InChI is InChI=1S/C6H11FO5/c7-1-2-3(8)4(9)5(10)6(11)12-2/h2-6,8-11H,1H2/t2-,3+,4+,5-,6+/m1/s1. The molecule has 0 aromatic rings. The number of ether oxygens (including phenoxy) is 1. The van der Waals surface area contributed by atoms with Gasteiger partial charge < -0.3 is 25.2 Å². The number of alkyl halides is 1. The van der Waals surface area contributed by atoms with E-state index in [1.807, 2.05) is 0 Å². The van der Waals surface area contributed by atoms with Crippen LogP contribution < -0.4 is 0 Å². The molecule has 5 atom stereocenters. The van der Waals surface area contributed by atoms with Crippen molar-refractivity contribution in [3.05, 3.63) is 0 Å². The van der Waals surface area contributed by atoms with Gasteiger partial charge in [-0.15, -0.1) is 0 Å². The molecule has 0 aromatic heterocycles. The highest BCUT2D eigenvalue weighted by Gasteiger charge is 2.42. The summed E-state index contributed by atoms with van der Waals surface area (Å²) in [5.74, 6) is 0. The Bertz CT molecular complexity index is 150. The van der Waals surface area contributed by atoms with E-state index in [4.69, 9.17) is 20.4 Å². The van der Waals surface area contributed by atoms with E-state index in [0.717, 1.165) is 0 Å². The van der Waals surface area contributed by atoms with Crippen molar-refractivity contribution < 1.29 is 29.6 Å². The minimum Gasteiger partial charge on any atom is -0.387 e. The lowest BCUT2D eigenvalue weighted by molar-refractivity contribution is -0.283. The fraction of sp³-hybridized carbons (Fsp3) is 1.00. The molecule has 1 saturated heterocycles. The van der Waals surface area contributed by atoms with E-state index in [2.05, 4.69) is 4.74 Å². The molecule has 5 nitrogen and oxygen atoms in total. The summed E-state index contributed by atoms with van der Waals surface area (Å²) in [6, 6.07) is 0. The first-order chi connectivity index (χ1) is 5.57. The topological polar surface area (TPSA) is 90.2 Å². The first kappa shape index (κ1) is 9.82. The lowest BCUT2D eigenvalue weighted by atomic mass is 10.00. The molecule has 0 radical (unpaired) electrons. The van der Waals surface area contributed by atoms with Crippen LogP contribution in [0.3, 0.4) is 0 Å². The van der Waals surface area contributed by atoms with E-state index < -0.39 is 37.4 Å². The summed E-state index contributed by atoms with van der Waals surface area (Å²) < 4.78 is 16.5. The lowest BCUT2D eigenvalue weighted by Crippen LogP contribution is -2.58. The molecule has 4 N–H and O–H groups in total. The van der Waals surface area contributed by atoms with Crippen molar-refractivity contribution in [3.63, 3.8) is 0 Å². The summed E-state index contributed by atoms with van der Waals surface area (Å²) >= 11 is 0. The number of aliphatic hydroxyl groups is 4. The largest absolute Gasteiger partial charge is 0.387 e. The van der Waals surface area contributed by atoms with Crippen LogP contribution in [0.2, 0.25) is 0 Å². The van der Waals surface area contributed by atoms with Crippen molar-refractivity contribution in [2.45, 2.75) is 30.7 Å². The molecule has 12 heavy (non-hydrogen) atoms. The Labute approximate surface area is 68.0 Å². The van der Waals surface area contributed by atoms with Crippen molar-refractivity contribution in [1.29, 1.82) is 0 Å². The first-order valence-corrected chi connectivity index (χ1v) is 3.51. The molecule has 0 aromatic carbocycles. The summed E-state index contributed by atoms with van der Waals surface area (Å²) in [6.45, 7) is -1.03. The monoisotopic (exact) mass is 182 g/mol. The van der Waals surface area contributed by atoms with E-state index in [0.29, 0.717) is 0 Å². The second-order valence-electron chi connectivity index (χ2n) is 2.69. The predicted octanol–water partition coefficient (Wildman–Crippen LogP) is -2.24. The van der Waals surface area contributed by atoms with Crippen molar-refractivity contribution in [1.82, 2.24) is 0 Å². The summed E-state index contributed by atoms with van der Waals surface area (Å²) in [5, 5.41) is 35.8. The van der Waals surface area contributed by atoms with E-state index >= 15 is 0 Å². The van der Waals surface area contributed by atoms with Crippen LogP contribution in [0.1, 0.15) is 0 Å². The van der Waals surface area contributed by atoms with E-state index in [1.54, 1.807) is 0 Å². The van der Waals surface area contributed by atoms with Gasteiger partial charge in [-0.3, -0.25) is 0 Å². The van der Waals surface area contributed by atoms with Crippen LogP contribution in [0.15, 0.2) is 0 Å². The van der Waals surface area contributed by atoms with Gasteiger partial charge in [0.15, 0.2) is 6.29 Å². The molecule has 0 aliphatic carbocycles. The van der Waals surface area contributed by atoms with Gasteiger partial charge in [-0.1, -0.05) is 0 Å². The minimum atomic E-state index is -1.65. The third-order valence-corrected chi connectivity index (χ3v) is 1.84. The van der Waals surface area contributed by atoms with Gasteiger partial charge in [0.1, 0.15) is 31.1 Å². The van der Waals surface area contributed by atoms with Gasteiger partial charge in [0.2, 0.25) is 0 Å². The van der Waals surface area contributed by atoms with Gasteiger partial charge in [0.25, 0.3) is 0 Å². The van der Waals surface area contributed by atoms with Gasteiger partial charge in [0.05, 0.1) is 0 Å². The number of hydrogen-bond acceptors (Lipinski definition) is 5. The zero-order chi connectivity index (χ0) is 9.30. The van der Waals surface area contributed by atoms with Crippen molar-refractivity contribution in [2.75, 3.05) is 6.67 Å². The summed E-state index contributed by atoms with van der Waals surface area (Å²) in [5.41, 5.74) is 0. The molecular weight excluding hydrogens is 171 g/mol. The Balaban J connectivity index is 2.63. The highest BCUT2D eigenvalue weighted by molar-refractivity contribution is 4.88. The number of hydrogen-bond donors (Lipinski definition) is 4. The van der Waals surface area contributed by atoms with Crippen molar-refractivity contribution in [3.8, 4) is 0 Å². The van der Waals surface area contributed by atoms with Crippen LogP contribution in [-0.2, 0) is 4.74 Å². The molecule has 1 aliphatic heterocycles. The van der Waals surface area contributed by atoms with Crippen LogP contribution in [0.25, 0.3) is 0 Å². The number of halogens is 1. The molecule has 1 rings (SSSR count). The van der Waals surface area contributed by atoms with Gasteiger partial charge in [-0.05, 0) is 0 Å². The molecule has 6 heteroatoms.